The van der Waals surface area contributed by atoms with E-state index in [1.54, 1.807) is 16.7 Å². The van der Waals surface area contributed by atoms with Gasteiger partial charge in [-0.3, -0.25) is 9.20 Å². The number of morpholine rings is 1. The van der Waals surface area contributed by atoms with Crippen LogP contribution in [0.5, 0.6) is 0 Å². The third kappa shape index (κ3) is 2.69. The van der Waals surface area contributed by atoms with Crippen molar-refractivity contribution in [2.24, 2.45) is 0 Å². The summed E-state index contributed by atoms with van der Waals surface area (Å²) in [5, 5.41) is 6.05. The lowest BCUT2D eigenvalue weighted by atomic mass is 10.0. The molecule has 118 valence electrons. The highest BCUT2D eigenvalue weighted by Gasteiger charge is 2.32. The van der Waals surface area contributed by atoms with Crippen molar-refractivity contribution in [3.05, 3.63) is 36.2 Å². The normalized spacial score (nSPS) is 19.3. The Hall–Kier alpha value is -1.99. The predicted molar refractivity (Wildman–Crippen MR) is 78.9 cm³/mol. The lowest BCUT2D eigenvalue weighted by Gasteiger charge is -2.29. The standard InChI is InChI=1S/C15H19FN4O2/c1-15(2,19-13(21)12-9-17-5-7-22-12)14-18-8-11-10(16)4-3-6-20(11)14/h3-4,6,8,12,17H,5,7,9H2,1-2H3,(H,19,21)/t12-/m0/s1. The van der Waals surface area contributed by atoms with Crippen LogP contribution in [-0.2, 0) is 15.1 Å². The highest BCUT2D eigenvalue weighted by Crippen LogP contribution is 2.22. The number of amides is 1. The predicted octanol–water partition coefficient (Wildman–Crippen LogP) is 0.813. The molecule has 6 nitrogen and oxygen atoms in total. The van der Waals surface area contributed by atoms with Gasteiger partial charge in [0.2, 0.25) is 0 Å². The number of aromatic nitrogens is 2. The number of nitrogens with one attached hydrogen (secondary N) is 2. The first-order valence-electron chi connectivity index (χ1n) is 7.25. The number of carbonyl (C=O) groups excluding carboxylic acids is 1. The Morgan fingerprint density at radius 2 is 2.41 bits per heavy atom. The zero-order valence-electron chi connectivity index (χ0n) is 12.6. The summed E-state index contributed by atoms with van der Waals surface area (Å²) >= 11 is 0. The van der Waals surface area contributed by atoms with E-state index in [1.807, 2.05) is 13.8 Å². The van der Waals surface area contributed by atoms with Gasteiger partial charge in [-0.25, -0.2) is 9.37 Å². The molecule has 1 saturated heterocycles. The molecule has 0 bridgehead atoms. The van der Waals surface area contributed by atoms with Crippen LogP contribution < -0.4 is 10.6 Å². The largest absolute Gasteiger partial charge is 0.366 e. The van der Waals surface area contributed by atoms with E-state index in [0.717, 1.165) is 6.54 Å². The van der Waals surface area contributed by atoms with Gasteiger partial charge in [0.1, 0.15) is 23.3 Å². The van der Waals surface area contributed by atoms with Crippen LogP contribution in [0.2, 0.25) is 0 Å². The molecule has 1 aliphatic rings. The van der Waals surface area contributed by atoms with Crippen LogP contribution in [0.15, 0.2) is 24.5 Å². The van der Waals surface area contributed by atoms with E-state index >= 15 is 0 Å². The van der Waals surface area contributed by atoms with Crippen LogP contribution in [0.4, 0.5) is 4.39 Å². The van der Waals surface area contributed by atoms with E-state index in [9.17, 15) is 9.18 Å². The molecule has 3 rings (SSSR count). The smallest absolute Gasteiger partial charge is 0.251 e. The Morgan fingerprint density at radius 3 is 3.14 bits per heavy atom. The Bertz CT molecular complexity index is 692. The number of hydrogen-bond donors (Lipinski definition) is 2. The van der Waals surface area contributed by atoms with Gasteiger partial charge in [-0.1, -0.05) is 0 Å². The summed E-state index contributed by atoms with van der Waals surface area (Å²) < 4.78 is 20.9. The van der Waals surface area contributed by atoms with Gasteiger partial charge >= 0.3 is 0 Å². The minimum atomic E-state index is -0.752. The number of halogens is 1. The van der Waals surface area contributed by atoms with Gasteiger partial charge in [-0.15, -0.1) is 0 Å². The lowest BCUT2D eigenvalue weighted by Crippen LogP contribution is -2.52. The van der Waals surface area contributed by atoms with Gasteiger partial charge in [0, 0.05) is 19.3 Å². The summed E-state index contributed by atoms with van der Waals surface area (Å²) in [4.78, 5) is 16.6. The monoisotopic (exact) mass is 306 g/mol. The first-order valence-corrected chi connectivity index (χ1v) is 7.25. The van der Waals surface area contributed by atoms with E-state index in [1.165, 1.54) is 12.3 Å². The second-order valence-corrected chi connectivity index (χ2v) is 5.87. The Balaban J connectivity index is 1.84. The van der Waals surface area contributed by atoms with E-state index in [4.69, 9.17) is 4.74 Å². The number of ether oxygens (including phenoxy) is 1. The molecule has 2 N–H and O–H groups in total. The molecule has 1 atom stereocenters. The SMILES string of the molecule is CC(C)(NC(=O)[C@@H]1CNCCO1)c1ncc2c(F)cccn12. The first-order chi connectivity index (χ1) is 10.5. The first kappa shape index (κ1) is 14.9. The Morgan fingerprint density at radius 1 is 1.59 bits per heavy atom. The molecule has 0 saturated carbocycles. The van der Waals surface area contributed by atoms with Crippen LogP contribution in [-0.4, -0.2) is 41.1 Å². The average molecular weight is 306 g/mol. The fourth-order valence-electron chi connectivity index (χ4n) is 2.63. The van der Waals surface area contributed by atoms with E-state index < -0.39 is 11.6 Å². The molecular formula is C15H19FN4O2. The van der Waals surface area contributed by atoms with E-state index in [-0.39, 0.29) is 11.7 Å². The van der Waals surface area contributed by atoms with Crippen molar-refractivity contribution in [2.75, 3.05) is 19.7 Å². The zero-order valence-corrected chi connectivity index (χ0v) is 12.6. The Labute approximate surface area is 127 Å². The second-order valence-electron chi connectivity index (χ2n) is 5.87. The van der Waals surface area contributed by atoms with Crippen LogP contribution in [0.3, 0.4) is 0 Å². The maximum Gasteiger partial charge on any atom is 0.251 e. The zero-order chi connectivity index (χ0) is 15.7. The van der Waals surface area contributed by atoms with Gasteiger partial charge in [0.05, 0.1) is 18.3 Å². The molecule has 2 aromatic rings. The maximum atomic E-state index is 13.8. The molecule has 7 heteroatoms. The number of pyridine rings is 1. The van der Waals surface area contributed by atoms with Crippen molar-refractivity contribution >= 4 is 11.4 Å². The molecule has 0 unspecified atom stereocenters. The summed E-state index contributed by atoms with van der Waals surface area (Å²) in [6.45, 7) is 5.41. The van der Waals surface area contributed by atoms with Crippen LogP contribution in [0.25, 0.3) is 5.52 Å². The summed E-state index contributed by atoms with van der Waals surface area (Å²) in [5.41, 5.74) is -0.367. The quantitative estimate of drug-likeness (QED) is 0.881. The van der Waals surface area contributed by atoms with Crippen molar-refractivity contribution in [1.29, 1.82) is 0 Å². The third-order valence-electron chi connectivity index (χ3n) is 3.73. The number of fused-ring (bicyclic) bond motifs is 1. The van der Waals surface area contributed by atoms with E-state index in [0.29, 0.717) is 24.5 Å². The topological polar surface area (TPSA) is 67.7 Å². The molecule has 0 aliphatic carbocycles. The molecule has 0 aromatic carbocycles. The van der Waals surface area contributed by atoms with Gasteiger partial charge in [0.25, 0.3) is 5.91 Å². The second kappa shape index (κ2) is 5.66. The fraction of sp³-hybridized carbons (Fsp3) is 0.467. The van der Waals surface area contributed by atoms with Gasteiger partial charge in [-0.05, 0) is 26.0 Å². The van der Waals surface area contributed by atoms with Crippen molar-refractivity contribution in [1.82, 2.24) is 20.0 Å². The lowest BCUT2D eigenvalue weighted by molar-refractivity contribution is -0.136. The molecule has 22 heavy (non-hydrogen) atoms. The molecule has 0 spiro atoms. The van der Waals surface area contributed by atoms with Crippen molar-refractivity contribution in [2.45, 2.75) is 25.5 Å². The van der Waals surface area contributed by atoms with Gasteiger partial charge in [-0.2, -0.15) is 0 Å². The highest BCUT2D eigenvalue weighted by molar-refractivity contribution is 5.82. The molecule has 1 fully saturated rings. The van der Waals surface area contributed by atoms with Gasteiger partial charge < -0.3 is 15.4 Å². The molecular weight excluding hydrogens is 287 g/mol. The number of imidazole rings is 1. The van der Waals surface area contributed by atoms with Crippen molar-refractivity contribution in [3.8, 4) is 0 Å². The number of carbonyl (C=O) groups is 1. The van der Waals surface area contributed by atoms with Gasteiger partial charge in [0.15, 0.2) is 0 Å². The number of nitrogens with zero attached hydrogens (tertiary/aromatic N) is 2. The summed E-state index contributed by atoms with van der Waals surface area (Å²) in [7, 11) is 0. The molecule has 2 aromatic heterocycles. The third-order valence-corrected chi connectivity index (χ3v) is 3.73. The number of hydrogen-bond acceptors (Lipinski definition) is 4. The van der Waals surface area contributed by atoms with Crippen molar-refractivity contribution in [3.63, 3.8) is 0 Å². The minimum Gasteiger partial charge on any atom is -0.366 e. The summed E-state index contributed by atoms with van der Waals surface area (Å²) in [6.07, 6.45) is 2.68. The molecule has 0 radical (unpaired) electrons. The molecule has 1 amide bonds. The number of rotatable bonds is 3. The van der Waals surface area contributed by atoms with Crippen LogP contribution in [0.1, 0.15) is 19.7 Å². The maximum absolute atomic E-state index is 13.8. The molecule has 1 aliphatic heterocycles. The van der Waals surface area contributed by atoms with Crippen LogP contribution >= 0.6 is 0 Å². The van der Waals surface area contributed by atoms with Crippen LogP contribution in [0, 0.1) is 5.82 Å². The highest BCUT2D eigenvalue weighted by atomic mass is 19.1. The van der Waals surface area contributed by atoms with E-state index in [2.05, 4.69) is 15.6 Å². The minimum absolute atomic E-state index is 0.203. The fourth-order valence-corrected chi connectivity index (χ4v) is 2.63. The Kier molecular flexibility index (Phi) is 3.84. The van der Waals surface area contributed by atoms with Crippen molar-refractivity contribution < 1.29 is 13.9 Å². The summed E-state index contributed by atoms with van der Waals surface area (Å²) in [6, 6.07) is 2.99. The molecule has 3 heterocycles. The summed E-state index contributed by atoms with van der Waals surface area (Å²) in [5.74, 6) is 0.0210. The average Bonchev–Trinajstić information content (AvgIpc) is 2.94.